The van der Waals surface area contributed by atoms with Crippen LogP contribution in [-0.2, 0) is 13.0 Å². The molecule has 0 saturated heterocycles. The van der Waals surface area contributed by atoms with Gasteiger partial charge in [-0.25, -0.2) is 4.79 Å². The Labute approximate surface area is 109 Å². The molecule has 0 aliphatic heterocycles. The minimum atomic E-state index is -0.807. The highest BCUT2D eigenvalue weighted by Gasteiger charge is 2.18. The van der Waals surface area contributed by atoms with Crippen LogP contribution in [0, 0.1) is 5.92 Å². The fourth-order valence-electron chi connectivity index (χ4n) is 3.05. The first-order chi connectivity index (χ1) is 8.72. The first-order valence-electron chi connectivity index (χ1n) is 7.14. The summed E-state index contributed by atoms with van der Waals surface area (Å²) in [6.07, 6.45) is 8.68. The van der Waals surface area contributed by atoms with Gasteiger partial charge in [0.1, 0.15) is 5.69 Å². The number of hydrogen-bond donors (Lipinski definition) is 1. The minimum Gasteiger partial charge on any atom is -0.477 e. The van der Waals surface area contributed by atoms with Crippen molar-refractivity contribution in [3.8, 4) is 0 Å². The molecule has 1 fully saturated rings. The van der Waals surface area contributed by atoms with Crippen LogP contribution in [0.25, 0.3) is 0 Å². The molecule has 1 aliphatic carbocycles. The third kappa shape index (κ3) is 2.95. The van der Waals surface area contributed by atoms with Gasteiger partial charge < -0.3 is 9.67 Å². The van der Waals surface area contributed by atoms with Crippen molar-refractivity contribution in [1.29, 1.82) is 0 Å². The van der Waals surface area contributed by atoms with Crippen LogP contribution in [0.1, 0.15) is 61.6 Å². The molecule has 0 aromatic carbocycles. The van der Waals surface area contributed by atoms with Crippen molar-refractivity contribution >= 4 is 5.97 Å². The SMILES string of the molecule is CCCn1c(CC2CCCCC2)ccc1C(=O)O. The van der Waals surface area contributed by atoms with Crippen molar-refractivity contribution in [3.63, 3.8) is 0 Å². The lowest BCUT2D eigenvalue weighted by molar-refractivity contribution is 0.0684. The van der Waals surface area contributed by atoms with Crippen molar-refractivity contribution < 1.29 is 9.90 Å². The van der Waals surface area contributed by atoms with E-state index >= 15 is 0 Å². The van der Waals surface area contributed by atoms with Gasteiger partial charge in [0.25, 0.3) is 0 Å². The zero-order chi connectivity index (χ0) is 13.0. The van der Waals surface area contributed by atoms with Crippen LogP contribution in [0.2, 0.25) is 0 Å². The maximum atomic E-state index is 11.2. The summed E-state index contributed by atoms with van der Waals surface area (Å²) < 4.78 is 2.00. The maximum Gasteiger partial charge on any atom is 0.352 e. The van der Waals surface area contributed by atoms with Gasteiger partial charge in [0.2, 0.25) is 0 Å². The van der Waals surface area contributed by atoms with Gasteiger partial charge in [0, 0.05) is 12.2 Å². The summed E-state index contributed by atoms with van der Waals surface area (Å²) in [6.45, 7) is 2.91. The third-order valence-corrected chi connectivity index (χ3v) is 3.96. The van der Waals surface area contributed by atoms with Gasteiger partial charge in [0.15, 0.2) is 0 Å². The first kappa shape index (κ1) is 13.2. The van der Waals surface area contributed by atoms with E-state index in [2.05, 4.69) is 6.92 Å². The van der Waals surface area contributed by atoms with Gasteiger partial charge >= 0.3 is 5.97 Å². The van der Waals surface area contributed by atoms with E-state index in [9.17, 15) is 9.90 Å². The lowest BCUT2D eigenvalue weighted by Crippen LogP contribution is -2.15. The molecular weight excluding hydrogens is 226 g/mol. The van der Waals surface area contributed by atoms with E-state index in [4.69, 9.17) is 0 Å². The van der Waals surface area contributed by atoms with Crippen molar-refractivity contribution in [3.05, 3.63) is 23.5 Å². The summed E-state index contributed by atoms with van der Waals surface area (Å²) in [6, 6.07) is 3.77. The lowest BCUT2D eigenvalue weighted by Gasteiger charge is -2.22. The molecule has 1 saturated carbocycles. The average Bonchev–Trinajstić information content (AvgIpc) is 2.74. The molecule has 1 aliphatic rings. The molecule has 3 heteroatoms. The molecule has 100 valence electrons. The van der Waals surface area contributed by atoms with E-state index in [1.54, 1.807) is 6.07 Å². The summed E-state index contributed by atoms with van der Waals surface area (Å²) in [5.41, 5.74) is 1.66. The Morgan fingerprint density at radius 3 is 2.67 bits per heavy atom. The van der Waals surface area contributed by atoms with E-state index in [-0.39, 0.29) is 0 Å². The first-order valence-corrected chi connectivity index (χ1v) is 7.14. The van der Waals surface area contributed by atoms with Crippen LogP contribution in [0.5, 0.6) is 0 Å². The van der Waals surface area contributed by atoms with E-state index < -0.39 is 5.97 Å². The van der Waals surface area contributed by atoms with Crippen LogP contribution in [0.15, 0.2) is 12.1 Å². The predicted molar refractivity (Wildman–Crippen MR) is 72.0 cm³/mol. The Balaban J connectivity index is 2.13. The average molecular weight is 249 g/mol. The van der Waals surface area contributed by atoms with E-state index in [1.807, 2.05) is 10.6 Å². The molecule has 2 rings (SSSR count). The highest BCUT2D eigenvalue weighted by molar-refractivity contribution is 5.86. The van der Waals surface area contributed by atoms with E-state index in [0.29, 0.717) is 5.69 Å². The summed E-state index contributed by atoms with van der Waals surface area (Å²) in [5.74, 6) is -0.0516. The number of aromatic nitrogens is 1. The molecule has 1 N–H and O–H groups in total. The summed E-state index contributed by atoms with van der Waals surface area (Å²) in [5, 5.41) is 9.19. The fourth-order valence-corrected chi connectivity index (χ4v) is 3.05. The van der Waals surface area contributed by atoms with Crippen LogP contribution in [-0.4, -0.2) is 15.6 Å². The molecule has 1 aromatic rings. The molecule has 0 bridgehead atoms. The van der Waals surface area contributed by atoms with Crippen molar-refractivity contribution in [1.82, 2.24) is 4.57 Å². The van der Waals surface area contributed by atoms with Gasteiger partial charge in [-0.2, -0.15) is 0 Å². The van der Waals surface area contributed by atoms with Gasteiger partial charge in [0.05, 0.1) is 0 Å². The Morgan fingerprint density at radius 1 is 1.33 bits per heavy atom. The Bertz CT molecular complexity index is 403. The van der Waals surface area contributed by atoms with E-state index in [1.165, 1.54) is 37.8 Å². The summed E-state index contributed by atoms with van der Waals surface area (Å²) in [4.78, 5) is 11.2. The zero-order valence-electron chi connectivity index (χ0n) is 11.2. The molecule has 0 radical (unpaired) electrons. The van der Waals surface area contributed by atoms with Crippen molar-refractivity contribution in [2.24, 2.45) is 5.92 Å². The van der Waals surface area contributed by atoms with Gasteiger partial charge in [-0.1, -0.05) is 39.0 Å². The Morgan fingerprint density at radius 2 is 2.06 bits per heavy atom. The molecular formula is C15H23NO2. The van der Waals surface area contributed by atoms with Crippen LogP contribution in [0.3, 0.4) is 0 Å². The second-order valence-corrected chi connectivity index (χ2v) is 5.37. The molecule has 1 aromatic heterocycles. The number of carboxylic acid groups (broad SMARTS) is 1. The third-order valence-electron chi connectivity index (χ3n) is 3.96. The van der Waals surface area contributed by atoms with Gasteiger partial charge in [-0.15, -0.1) is 0 Å². The highest BCUT2D eigenvalue weighted by Crippen LogP contribution is 2.27. The molecule has 0 amide bonds. The number of hydrogen-bond acceptors (Lipinski definition) is 1. The predicted octanol–water partition coefficient (Wildman–Crippen LogP) is 3.72. The van der Waals surface area contributed by atoms with Crippen LogP contribution in [0.4, 0.5) is 0 Å². The number of nitrogens with zero attached hydrogens (tertiary/aromatic N) is 1. The topological polar surface area (TPSA) is 42.2 Å². The number of aromatic carboxylic acids is 1. The Kier molecular flexibility index (Phi) is 4.45. The van der Waals surface area contributed by atoms with Crippen molar-refractivity contribution in [2.75, 3.05) is 0 Å². The number of carboxylic acids is 1. The molecule has 0 spiro atoms. The molecule has 1 heterocycles. The smallest absolute Gasteiger partial charge is 0.352 e. The second kappa shape index (κ2) is 6.07. The molecule has 0 atom stereocenters. The fraction of sp³-hybridized carbons (Fsp3) is 0.667. The summed E-state index contributed by atoms with van der Waals surface area (Å²) >= 11 is 0. The maximum absolute atomic E-state index is 11.2. The number of rotatable bonds is 5. The lowest BCUT2D eigenvalue weighted by atomic mass is 9.86. The normalized spacial score (nSPS) is 16.9. The summed E-state index contributed by atoms with van der Waals surface area (Å²) in [7, 11) is 0. The monoisotopic (exact) mass is 249 g/mol. The molecule has 18 heavy (non-hydrogen) atoms. The highest BCUT2D eigenvalue weighted by atomic mass is 16.4. The van der Waals surface area contributed by atoms with Crippen molar-refractivity contribution in [2.45, 2.75) is 58.4 Å². The molecule has 3 nitrogen and oxygen atoms in total. The van der Waals surface area contributed by atoms with Gasteiger partial charge in [-0.05, 0) is 30.9 Å². The quantitative estimate of drug-likeness (QED) is 0.864. The van der Waals surface area contributed by atoms with Gasteiger partial charge in [-0.3, -0.25) is 0 Å². The standard InChI is InChI=1S/C15H23NO2/c1-2-10-16-13(8-9-14(16)15(17)18)11-12-6-4-3-5-7-12/h8-9,12H,2-7,10-11H2,1H3,(H,17,18). The van der Waals surface area contributed by atoms with Crippen LogP contribution < -0.4 is 0 Å². The van der Waals surface area contributed by atoms with E-state index in [0.717, 1.165) is 25.3 Å². The largest absolute Gasteiger partial charge is 0.477 e. The number of carbonyl (C=O) groups is 1. The minimum absolute atomic E-state index is 0.447. The molecule has 0 unspecified atom stereocenters. The second-order valence-electron chi connectivity index (χ2n) is 5.37. The Hall–Kier alpha value is -1.25. The van der Waals surface area contributed by atoms with Crippen LogP contribution >= 0.6 is 0 Å². The zero-order valence-corrected chi connectivity index (χ0v) is 11.2.